The van der Waals surface area contributed by atoms with Gasteiger partial charge in [-0.1, -0.05) is 84.8 Å². The van der Waals surface area contributed by atoms with Gasteiger partial charge in [-0.05, 0) is 62.1 Å². The number of amides is 1. The highest BCUT2D eigenvalue weighted by atomic mass is 32.2. The largest absolute Gasteiger partial charge is 0.345 e. The van der Waals surface area contributed by atoms with Crippen LogP contribution in [0.15, 0.2) is 78.0 Å². The molecule has 5 nitrogen and oxygen atoms in total. The highest BCUT2D eigenvalue weighted by Gasteiger charge is 2.16. The van der Waals surface area contributed by atoms with Crippen LogP contribution in [0.3, 0.4) is 0 Å². The van der Waals surface area contributed by atoms with Crippen molar-refractivity contribution < 1.29 is 4.79 Å². The first-order chi connectivity index (χ1) is 17.0. The van der Waals surface area contributed by atoms with Gasteiger partial charge in [0.15, 0.2) is 11.0 Å². The fourth-order valence-corrected chi connectivity index (χ4v) is 4.79. The van der Waals surface area contributed by atoms with E-state index in [1.54, 1.807) is 11.8 Å². The Morgan fingerprint density at radius 1 is 0.914 bits per heavy atom. The van der Waals surface area contributed by atoms with Crippen LogP contribution < -0.4 is 5.32 Å². The molecule has 1 aromatic heterocycles. The first kappa shape index (κ1) is 24.7. The van der Waals surface area contributed by atoms with Gasteiger partial charge in [0.2, 0.25) is 0 Å². The van der Waals surface area contributed by atoms with Crippen LogP contribution in [-0.2, 0) is 18.7 Å². The van der Waals surface area contributed by atoms with Gasteiger partial charge < -0.3 is 5.32 Å². The summed E-state index contributed by atoms with van der Waals surface area (Å²) in [6, 6.07) is 24.7. The van der Waals surface area contributed by atoms with Crippen molar-refractivity contribution in [1.82, 2.24) is 20.1 Å². The topological polar surface area (TPSA) is 59.8 Å². The summed E-state index contributed by atoms with van der Waals surface area (Å²) < 4.78 is 2.04. The molecule has 1 amide bonds. The molecule has 0 fully saturated rings. The first-order valence-electron chi connectivity index (χ1n) is 12.1. The third-order valence-corrected chi connectivity index (χ3v) is 6.89. The molecule has 0 saturated heterocycles. The third-order valence-electron chi connectivity index (χ3n) is 5.89. The van der Waals surface area contributed by atoms with Crippen LogP contribution >= 0.6 is 11.8 Å². The smallest absolute Gasteiger partial charge is 0.251 e. The summed E-state index contributed by atoms with van der Waals surface area (Å²) in [5.41, 5.74) is 6.57. The predicted molar refractivity (Wildman–Crippen MR) is 143 cm³/mol. The van der Waals surface area contributed by atoms with Crippen LogP contribution in [0.5, 0.6) is 0 Å². The van der Waals surface area contributed by atoms with Crippen molar-refractivity contribution in [1.29, 1.82) is 0 Å². The second-order valence-corrected chi connectivity index (χ2v) is 9.77. The molecule has 35 heavy (non-hydrogen) atoms. The summed E-state index contributed by atoms with van der Waals surface area (Å²) in [7, 11) is 0. The minimum absolute atomic E-state index is 0.112. The Hall–Kier alpha value is -3.38. The maximum absolute atomic E-state index is 12.8. The minimum atomic E-state index is -0.112. The Morgan fingerprint density at radius 3 is 2.40 bits per heavy atom. The third kappa shape index (κ3) is 6.61. The molecule has 0 aliphatic carbocycles. The summed E-state index contributed by atoms with van der Waals surface area (Å²) in [5.74, 6) is 1.38. The Labute approximate surface area is 212 Å². The van der Waals surface area contributed by atoms with Crippen molar-refractivity contribution in [3.05, 3.63) is 106 Å². The fourth-order valence-electron chi connectivity index (χ4n) is 3.88. The lowest BCUT2D eigenvalue weighted by atomic mass is 10.1. The summed E-state index contributed by atoms with van der Waals surface area (Å²) in [6.45, 7) is 6.65. The molecule has 0 spiro atoms. The molecule has 6 heteroatoms. The number of aromatic nitrogens is 3. The zero-order valence-corrected chi connectivity index (χ0v) is 21.4. The molecule has 0 bridgehead atoms. The van der Waals surface area contributed by atoms with Gasteiger partial charge in [-0.2, -0.15) is 0 Å². The molecule has 3 aromatic carbocycles. The number of unbranched alkanes of at least 4 members (excludes halogenated alkanes) is 1. The molecule has 1 N–H and O–H groups in total. The SMILES string of the molecule is CCCCc1ccc(C(=O)NCc2nnc(SCc3cccc(C)c3)n2-c2ccc(C)cc2)cc1. The fraction of sp³-hybridized carbons (Fsp3) is 0.276. The molecule has 0 radical (unpaired) electrons. The van der Waals surface area contributed by atoms with Crippen LogP contribution in [0.25, 0.3) is 5.69 Å². The molecule has 180 valence electrons. The molecule has 0 aliphatic heterocycles. The van der Waals surface area contributed by atoms with Crippen molar-refractivity contribution in [2.45, 2.75) is 57.5 Å². The summed E-state index contributed by atoms with van der Waals surface area (Å²) in [5, 5.41) is 12.7. The Bertz CT molecular complexity index is 1260. The van der Waals surface area contributed by atoms with E-state index in [-0.39, 0.29) is 5.91 Å². The number of nitrogens with zero attached hydrogens (tertiary/aromatic N) is 3. The van der Waals surface area contributed by atoms with Crippen molar-refractivity contribution in [3.63, 3.8) is 0 Å². The number of hydrogen-bond acceptors (Lipinski definition) is 4. The zero-order chi connectivity index (χ0) is 24.6. The van der Waals surface area contributed by atoms with E-state index in [0.717, 1.165) is 35.9 Å². The van der Waals surface area contributed by atoms with Crippen molar-refractivity contribution in [2.24, 2.45) is 0 Å². The van der Waals surface area contributed by atoms with Gasteiger partial charge in [0.1, 0.15) is 0 Å². The highest BCUT2D eigenvalue weighted by Crippen LogP contribution is 2.26. The normalized spacial score (nSPS) is 10.9. The lowest BCUT2D eigenvalue weighted by Gasteiger charge is -2.12. The Morgan fingerprint density at radius 2 is 1.69 bits per heavy atom. The summed E-state index contributed by atoms with van der Waals surface area (Å²) in [4.78, 5) is 12.8. The number of rotatable bonds is 10. The summed E-state index contributed by atoms with van der Waals surface area (Å²) in [6.07, 6.45) is 3.36. The molecule has 0 aliphatic rings. The maximum Gasteiger partial charge on any atom is 0.251 e. The van der Waals surface area contributed by atoms with E-state index in [2.05, 4.69) is 84.8 Å². The predicted octanol–water partition coefficient (Wildman–Crippen LogP) is 6.45. The molecule has 4 aromatic rings. The van der Waals surface area contributed by atoms with Gasteiger partial charge >= 0.3 is 0 Å². The van der Waals surface area contributed by atoms with E-state index in [9.17, 15) is 4.79 Å². The van der Waals surface area contributed by atoms with E-state index in [0.29, 0.717) is 17.9 Å². The quantitative estimate of drug-likeness (QED) is 0.263. The Balaban J connectivity index is 1.50. The minimum Gasteiger partial charge on any atom is -0.345 e. The van der Waals surface area contributed by atoms with Gasteiger partial charge in [0.25, 0.3) is 5.91 Å². The van der Waals surface area contributed by atoms with Crippen LogP contribution in [0.1, 0.15) is 58.2 Å². The monoisotopic (exact) mass is 484 g/mol. The number of thioether (sulfide) groups is 1. The molecule has 4 rings (SSSR count). The molecule has 0 saturated carbocycles. The Kier molecular flexibility index (Phi) is 8.37. The molecular formula is C29H32N4OS. The van der Waals surface area contributed by atoms with Crippen molar-refractivity contribution in [3.8, 4) is 5.69 Å². The number of aryl methyl sites for hydroxylation is 3. The van der Waals surface area contributed by atoms with Crippen LogP contribution in [0.2, 0.25) is 0 Å². The van der Waals surface area contributed by atoms with Crippen molar-refractivity contribution in [2.75, 3.05) is 0 Å². The van der Waals surface area contributed by atoms with Crippen LogP contribution in [0.4, 0.5) is 0 Å². The highest BCUT2D eigenvalue weighted by molar-refractivity contribution is 7.98. The van der Waals surface area contributed by atoms with E-state index in [4.69, 9.17) is 0 Å². The second kappa shape index (κ2) is 11.8. The lowest BCUT2D eigenvalue weighted by molar-refractivity contribution is 0.0949. The van der Waals surface area contributed by atoms with E-state index < -0.39 is 0 Å². The standard InChI is InChI=1S/C29H32N4OS/c1-4-5-8-23-12-14-25(15-13-23)28(34)30-19-27-31-32-29(33(27)26-16-10-21(2)11-17-26)35-20-24-9-6-7-22(3)18-24/h6-7,9-18H,4-5,8,19-20H2,1-3H3,(H,30,34). The maximum atomic E-state index is 12.8. The summed E-state index contributed by atoms with van der Waals surface area (Å²) >= 11 is 1.64. The van der Waals surface area contributed by atoms with Gasteiger partial charge in [0.05, 0.1) is 6.54 Å². The van der Waals surface area contributed by atoms with Gasteiger partial charge in [-0.25, -0.2) is 0 Å². The van der Waals surface area contributed by atoms with E-state index in [1.165, 1.54) is 22.3 Å². The number of carbonyl (C=O) groups is 1. The number of carbonyl (C=O) groups excluding carboxylic acids is 1. The number of benzene rings is 3. The number of hydrogen-bond donors (Lipinski definition) is 1. The number of nitrogens with one attached hydrogen (secondary N) is 1. The molecular weight excluding hydrogens is 452 g/mol. The zero-order valence-electron chi connectivity index (χ0n) is 20.6. The molecule has 0 unspecified atom stereocenters. The lowest BCUT2D eigenvalue weighted by Crippen LogP contribution is -2.24. The first-order valence-corrected chi connectivity index (χ1v) is 13.1. The average Bonchev–Trinajstić information content (AvgIpc) is 3.28. The van der Waals surface area contributed by atoms with E-state index in [1.807, 2.05) is 28.8 Å². The van der Waals surface area contributed by atoms with Gasteiger partial charge in [0, 0.05) is 17.0 Å². The van der Waals surface area contributed by atoms with Gasteiger partial charge in [-0.15, -0.1) is 10.2 Å². The van der Waals surface area contributed by atoms with Gasteiger partial charge in [-0.3, -0.25) is 9.36 Å². The average molecular weight is 485 g/mol. The van der Waals surface area contributed by atoms with Crippen molar-refractivity contribution >= 4 is 17.7 Å². The van der Waals surface area contributed by atoms with Crippen LogP contribution in [0, 0.1) is 13.8 Å². The van der Waals surface area contributed by atoms with E-state index >= 15 is 0 Å². The van der Waals surface area contributed by atoms with Crippen LogP contribution in [-0.4, -0.2) is 20.7 Å². The molecule has 0 atom stereocenters. The molecule has 1 heterocycles. The second-order valence-electron chi connectivity index (χ2n) is 8.83.